The smallest absolute Gasteiger partial charge is 0.422 e. The van der Waals surface area contributed by atoms with Gasteiger partial charge in [0, 0.05) is 21.9 Å². The molecule has 0 spiro atoms. The monoisotopic (exact) mass is 533 g/mol. The van der Waals surface area contributed by atoms with Gasteiger partial charge in [-0.2, -0.15) is 13.2 Å². The van der Waals surface area contributed by atoms with Gasteiger partial charge in [0.25, 0.3) is 5.91 Å². The molecule has 0 fully saturated rings. The van der Waals surface area contributed by atoms with Crippen LogP contribution in [0.15, 0.2) is 29.4 Å². The lowest BCUT2D eigenvalue weighted by Gasteiger charge is -2.47. The zero-order valence-corrected chi connectivity index (χ0v) is 20.3. The molecular weight excluding hydrogens is 509 g/mol. The molecule has 0 unspecified atom stereocenters. The van der Waals surface area contributed by atoms with E-state index >= 15 is 0 Å². The molecule has 8 nitrogen and oxygen atoms in total. The molecule has 36 heavy (non-hydrogen) atoms. The Hall–Kier alpha value is -3.00. The fraction of sp³-hybridized carbons (Fsp3) is 0.455. The summed E-state index contributed by atoms with van der Waals surface area (Å²) < 4.78 is 70.1. The van der Waals surface area contributed by atoms with Crippen LogP contribution in [0.25, 0.3) is 0 Å². The van der Waals surface area contributed by atoms with Crippen LogP contribution in [0.1, 0.15) is 35.6 Å². The van der Waals surface area contributed by atoms with Crippen LogP contribution in [0.2, 0.25) is 0 Å². The molecule has 4 N–H and O–H groups in total. The number of aromatic nitrogens is 2. The highest BCUT2D eigenvalue weighted by molar-refractivity contribution is 8.15. The molecule has 0 saturated carbocycles. The summed E-state index contributed by atoms with van der Waals surface area (Å²) >= 11 is 1.07. The third-order valence-corrected chi connectivity index (χ3v) is 7.26. The van der Waals surface area contributed by atoms with Crippen LogP contribution in [0, 0.1) is 18.7 Å². The van der Waals surface area contributed by atoms with Gasteiger partial charge in [0.05, 0.1) is 18.5 Å². The second kappa shape index (κ2) is 10.2. The highest BCUT2D eigenvalue weighted by atomic mass is 32.2. The molecule has 0 aliphatic carbocycles. The van der Waals surface area contributed by atoms with Crippen LogP contribution in [-0.4, -0.2) is 57.0 Å². The summed E-state index contributed by atoms with van der Waals surface area (Å²) in [5.41, 5.74) is 3.84. The van der Waals surface area contributed by atoms with Gasteiger partial charge in [-0.25, -0.2) is 23.7 Å². The van der Waals surface area contributed by atoms with Crippen LogP contribution >= 0.6 is 11.8 Å². The molecule has 2 aromatic rings. The molecular formula is C22H24F5N5O3S. The Balaban J connectivity index is 1.91. The van der Waals surface area contributed by atoms with Crippen LogP contribution in [0.3, 0.4) is 0 Å². The number of nitrogens with two attached hydrogens (primary N) is 1. The number of anilines is 1. The van der Waals surface area contributed by atoms with Crippen LogP contribution in [0.4, 0.5) is 27.6 Å². The normalized spacial score (nSPS) is 24.2. The maximum absolute atomic E-state index is 15.0. The van der Waals surface area contributed by atoms with Crippen molar-refractivity contribution in [2.45, 2.75) is 37.2 Å². The molecule has 196 valence electrons. The number of aliphatic imine (C=N–C) groups is 1. The molecule has 1 aliphatic rings. The number of carbonyl (C=O) groups excluding carboxylic acids is 1. The fourth-order valence-electron chi connectivity index (χ4n) is 3.86. The van der Waals surface area contributed by atoms with Gasteiger partial charge in [-0.05, 0) is 32.0 Å². The van der Waals surface area contributed by atoms with Crippen molar-refractivity contribution in [3.05, 3.63) is 47.2 Å². The molecule has 0 bridgehead atoms. The maximum Gasteiger partial charge on any atom is 0.422 e. The number of carbonyl (C=O) groups is 1. The van der Waals surface area contributed by atoms with E-state index in [1.165, 1.54) is 19.1 Å². The van der Waals surface area contributed by atoms with E-state index in [1.54, 1.807) is 13.8 Å². The van der Waals surface area contributed by atoms with E-state index in [4.69, 9.17) is 5.73 Å². The molecule has 2 heterocycles. The number of aliphatic hydroxyl groups is 1. The number of thioether (sulfide) groups is 1. The zero-order valence-electron chi connectivity index (χ0n) is 19.5. The molecule has 1 aromatic carbocycles. The van der Waals surface area contributed by atoms with Gasteiger partial charge in [0.2, 0.25) is 5.88 Å². The average Bonchev–Trinajstić information content (AvgIpc) is 2.81. The number of hydrogen-bond acceptors (Lipinski definition) is 8. The van der Waals surface area contributed by atoms with Crippen LogP contribution < -0.4 is 15.8 Å². The van der Waals surface area contributed by atoms with Crippen LogP contribution in [-0.2, 0) is 5.54 Å². The zero-order chi connectivity index (χ0) is 26.9. The standard InChI is InChI=1S/C22H24F5N5O3S/c1-11-17(29-7-16(30-11)35-10-22(25,26)27)18(34)31-13-4-5-15(24)14(6-13)21(8-23)12(2)20(3,9-33)36-19(28)32-21/h4-7,12,33H,8-10H2,1-3H3,(H2,28,32)(H,31,34)/t12-,20-,21+/m1/s1. The van der Waals surface area contributed by atoms with E-state index in [1.807, 2.05) is 0 Å². The summed E-state index contributed by atoms with van der Waals surface area (Å²) in [5, 5.41) is 12.4. The first kappa shape index (κ1) is 27.6. The van der Waals surface area contributed by atoms with Gasteiger partial charge < -0.3 is 20.9 Å². The molecule has 3 atom stereocenters. The van der Waals surface area contributed by atoms with Crippen molar-refractivity contribution in [1.29, 1.82) is 0 Å². The molecule has 0 radical (unpaired) electrons. The first-order valence-electron chi connectivity index (χ1n) is 10.6. The molecule has 1 aromatic heterocycles. The number of halogens is 5. The Morgan fingerprint density at radius 1 is 1.36 bits per heavy atom. The number of aryl methyl sites for hydroxylation is 1. The molecule has 0 saturated heterocycles. The van der Waals surface area contributed by atoms with Crippen molar-refractivity contribution in [2.75, 3.05) is 25.2 Å². The van der Waals surface area contributed by atoms with Gasteiger partial charge >= 0.3 is 6.18 Å². The van der Waals surface area contributed by atoms with E-state index in [0.717, 1.165) is 24.0 Å². The van der Waals surface area contributed by atoms with Crippen molar-refractivity contribution in [3.63, 3.8) is 0 Å². The Kier molecular flexibility index (Phi) is 7.79. The van der Waals surface area contributed by atoms with Crippen LogP contribution in [0.5, 0.6) is 5.88 Å². The number of benzene rings is 1. The minimum absolute atomic E-state index is 0.0104. The van der Waals surface area contributed by atoms with Crippen molar-refractivity contribution >= 4 is 28.5 Å². The third-order valence-electron chi connectivity index (χ3n) is 6.01. The third kappa shape index (κ3) is 5.53. The van der Waals surface area contributed by atoms with Crippen molar-refractivity contribution in [1.82, 2.24) is 9.97 Å². The number of amidine groups is 1. The number of nitrogens with zero attached hydrogens (tertiary/aromatic N) is 3. The predicted octanol–water partition coefficient (Wildman–Crippen LogP) is 3.73. The Labute approximate surface area is 207 Å². The average molecular weight is 534 g/mol. The highest BCUT2D eigenvalue weighted by Crippen LogP contribution is 2.50. The number of rotatable bonds is 7. The van der Waals surface area contributed by atoms with Crippen molar-refractivity contribution in [3.8, 4) is 5.88 Å². The lowest BCUT2D eigenvalue weighted by molar-refractivity contribution is -0.154. The van der Waals surface area contributed by atoms with Gasteiger partial charge in [-0.15, -0.1) is 0 Å². The number of alkyl halides is 4. The first-order chi connectivity index (χ1) is 16.7. The Bertz CT molecular complexity index is 1180. The number of nitrogens with one attached hydrogen (secondary N) is 1. The molecule has 3 rings (SSSR count). The first-order valence-corrected chi connectivity index (χ1v) is 11.4. The minimum Gasteiger partial charge on any atom is -0.467 e. The summed E-state index contributed by atoms with van der Waals surface area (Å²) in [5.74, 6) is -2.69. The topological polar surface area (TPSA) is 123 Å². The minimum atomic E-state index is -4.57. The van der Waals surface area contributed by atoms with E-state index in [0.29, 0.717) is 0 Å². The van der Waals surface area contributed by atoms with E-state index < -0.39 is 53.3 Å². The number of amides is 1. The predicted molar refractivity (Wildman–Crippen MR) is 124 cm³/mol. The summed E-state index contributed by atoms with van der Waals surface area (Å²) in [7, 11) is 0. The lowest BCUT2D eigenvalue weighted by Crippen LogP contribution is -2.53. The second-order valence-corrected chi connectivity index (χ2v) is 10.1. The van der Waals surface area contributed by atoms with Crippen molar-refractivity contribution in [2.24, 2.45) is 16.6 Å². The van der Waals surface area contributed by atoms with Gasteiger partial charge in [0.15, 0.2) is 11.8 Å². The number of hydrogen-bond donors (Lipinski definition) is 3. The Morgan fingerprint density at radius 2 is 2.06 bits per heavy atom. The molecule has 1 amide bonds. The van der Waals surface area contributed by atoms with Gasteiger partial charge in [-0.1, -0.05) is 18.7 Å². The summed E-state index contributed by atoms with van der Waals surface area (Å²) in [6, 6.07) is 3.50. The SMILES string of the molecule is Cc1nc(OCC(F)(F)F)cnc1C(=O)Nc1ccc(F)c([C@@]2(CF)N=C(N)S[C@](C)(CO)[C@H]2C)c1. The summed E-state index contributed by atoms with van der Waals surface area (Å²) in [6.45, 7) is 1.59. The summed E-state index contributed by atoms with van der Waals surface area (Å²) in [4.78, 5) is 24.6. The van der Waals surface area contributed by atoms with E-state index in [9.17, 15) is 31.9 Å². The van der Waals surface area contributed by atoms with E-state index in [-0.39, 0.29) is 34.4 Å². The largest absolute Gasteiger partial charge is 0.467 e. The van der Waals surface area contributed by atoms with E-state index in [2.05, 4.69) is 25.0 Å². The van der Waals surface area contributed by atoms with Gasteiger partial charge in [0.1, 0.15) is 23.7 Å². The number of ether oxygens (including phenoxy) is 1. The quantitative estimate of drug-likeness (QED) is 0.464. The molecule has 14 heteroatoms. The summed E-state index contributed by atoms with van der Waals surface area (Å²) in [6.07, 6.45) is -3.70. The maximum atomic E-state index is 15.0. The van der Waals surface area contributed by atoms with Gasteiger partial charge in [-0.3, -0.25) is 4.79 Å². The Morgan fingerprint density at radius 3 is 2.64 bits per heavy atom. The van der Waals surface area contributed by atoms with Crippen molar-refractivity contribution < 1.29 is 36.6 Å². The lowest BCUT2D eigenvalue weighted by atomic mass is 9.73. The highest BCUT2D eigenvalue weighted by Gasteiger charge is 2.52. The second-order valence-electron chi connectivity index (χ2n) is 8.50. The molecule has 1 aliphatic heterocycles. The fourth-order valence-corrected chi connectivity index (χ4v) is 4.99. The number of aliphatic hydroxyl groups excluding tert-OH is 1.